The van der Waals surface area contributed by atoms with Crippen LogP contribution >= 0.6 is 11.6 Å². The fraction of sp³-hybridized carbons (Fsp3) is 0.407. The number of anilines is 1. The van der Waals surface area contributed by atoms with Crippen molar-refractivity contribution in [3.8, 4) is 22.9 Å². The third-order valence-corrected chi connectivity index (χ3v) is 7.73. The highest BCUT2D eigenvalue weighted by molar-refractivity contribution is 6.31. The third-order valence-electron chi connectivity index (χ3n) is 7.44. The Morgan fingerprint density at radius 3 is 2.49 bits per heavy atom. The van der Waals surface area contributed by atoms with Crippen molar-refractivity contribution in [2.75, 3.05) is 18.0 Å². The average molecular weight is 524 g/mol. The Kier molecular flexibility index (Phi) is 6.32. The van der Waals surface area contributed by atoms with Crippen LogP contribution in [0.3, 0.4) is 0 Å². The number of rotatable bonds is 4. The lowest BCUT2D eigenvalue weighted by atomic mass is 9.82. The minimum atomic E-state index is -0.703. The van der Waals surface area contributed by atoms with Gasteiger partial charge in [-0.2, -0.15) is 5.26 Å². The van der Waals surface area contributed by atoms with E-state index in [-0.39, 0.29) is 33.8 Å². The molecule has 2 aliphatic rings. The Balaban J connectivity index is 1.84. The molecule has 0 N–H and O–H groups in total. The molecular formula is C27H27ClFN5O3. The van der Waals surface area contributed by atoms with Crippen molar-refractivity contribution >= 4 is 17.4 Å². The highest BCUT2D eigenvalue weighted by Gasteiger charge is 2.31. The molecule has 2 aromatic heterocycles. The second kappa shape index (κ2) is 9.34. The summed E-state index contributed by atoms with van der Waals surface area (Å²) in [6.07, 6.45) is 3.10. The van der Waals surface area contributed by atoms with E-state index in [1.165, 1.54) is 28.8 Å². The van der Waals surface area contributed by atoms with Gasteiger partial charge in [-0.25, -0.2) is 13.8 Å². The summed E-state index contributed by atoms with van der Waals surface area (Å²) in [5.74, 6) is -0.326. The van der Waals surface area contributed by atoms with Crippen molar-refractivity contribution in [1.82, 2.24) is 13.7 Å². The Morgan fingerprint density at radius 2 is 1.81 bits per heavy atom. The van der Waals surface area contributed by atoms with Gasteiger partial charge in [-0.1, -0.05) is 31.5 Å². The molecule has 0 radical (unpaired) electrons. The predicted molar refractivity (Wildman–Crippen MR) is 140 cm³/mol. The zero-order valence-corrected chi connectivity index (χ0v) is 21.5. The van der Waals surface area contributed by atoms with Gasteiger partial charge in [0.1, 0.15) is 18.2 Å². The van der Waals surface area contributed by atoms with E-state index in [0.717, 1.165) is 29.5 Å². The van der Waals surface area contributed by atoms with Gasteiger partial charge in [0.25, 0.3) is 11.1 Å². The summed E-state index contributed by atoms with van der Waals surface area (Å²) in [6, 6.07) is 8.97. The Bertz CT molecular complexity index is 1620. The van der Waals surface area contributed by atoms with Gasteiger partial charge in [-0.3, -0.25) is 14.2 Å². The molecule has 5 rings (SSSR count). The van der Waals surface area contributed by atoms with Gasteiger partial charge in [0.2, 0.25) is 0 Å². The van der Waals surface area contributed by atoms with Crippen LogP contribution in [0.4, 0.5) is 10.2 Å². The number of nitrogens with zero attached hydrogens (tertiary/aromatic N) is 5. The van der Waals surface area contributed by atoms with Gasteiger partial charge >= 0.3 is 5.69 Å². The number of hydrogen-bond donors (Lipinski definition) is 0. The summed E-state index contributed by atoms with van der Waals surface area (Å²) < 4.78 is 17.9. The van der Waals surface area contributed by atoms with Crippen LogP contribution in [0.15, 0.2) is 44.7 Å². The summed E-state index contributed by atoms with van der Waals surface area (Å²) in [6.45, 7) is 5.76. The number of nitriles is 1. The Hall–Kier alpha value is -3.64. The maximum atomic E-state index is 14.1. The summed E-state index contributed by atoms with van der Waals surface area (Å²) >= 11 is 6.10. The number of benzene rings is 1. The van der Waals surface area contributed by atoms with E-state index in [1.807, 2.05) is 11.0 Å². The van der Waals surface area contributed by atoms with E-state index >= 15 is 0 Å². The van der Waals surface area contributed by atoms with Gasteiger partial charge < -0.3 is 9.47 Å². The molecule has 1 aromatic carbocycles. The molecule has 3 aromatic rings. The molecule has 0 aliphatic carbocycles. The third kappa shape index (κ3) is 4.40. The van der Waals surface area contributed by atoms with Crippen molar-refractivity contribution in [2.24, 2.45) is 5.41 Å². The highest BCUT2D eigenvalue weighted by Crippen LogP contribution is 2.36. The van der Waals surface area contributed by atoms with Gasteiger partial charge in [0.05, 0.1) is 22.3 Å². The largest absolute Gasteiger partial charge is 0.357 e. The standard InChI is InChI=1S/C27H27ClFN5O3/c1-27(2)7-11-31(12-8-27)24-23(17-5-6-21(29)20(28)14-17)25(36)34(26(37)33(24)13-9-30)19-15-18-4-3-10-32(18)22(35)16-19/h5-6,14-16H,3-4,7-8,10-13H2,1-2H3. The first-order chi connectivity index (χ1) is 17.6. The van der Waals surface area contributed by atoms with Crippen LogP contribution in [-0.2, 0) is 19.5 Å². The summed E-state index contributed by atoms with van der Waals surface area (Å²) in [5, 5.41) is 9.49. The Labute approximate surface area is 217 Å². The van der Waals surface area contributed by atoms with Crippen LogP contribution in [0, 0.1) is 22.6 Å². The molecule has 37 heavy (non-hydrogen) atoms. The van der Waals surface area contributed by atoms with Crippen molar-refractivity contribution in [2.45, 2.75) is 52.6 Å². The second-order valence-electron chi connectivity index (χ2n) is 10.4. The van der Waals surface area contributed by atoms with Crippen LogP contribution in [0.25, 0.3) is 16.8 Å². The summed E-state index contributed by atoms with van der Waals surface area (Å²) in [7, 11) is 0. The molecule has 2 aliphatic heterocycles. The molecule has 0 saturated carbocycles. The predicted octanol–water partition coefficient (Wildman–Crippen LogP) is 3.72. The molecule has 4 heterocycles. The summed E-state index contributed by atoms with van der Waals surface area (Å²) in [4.78, 5) is 42.7. The first-order valence-corrected chi connectivity index (χ1v) is 12.7. The minimum Gasteiger partial charge on any atom is -0.357 e. The van der Waals surface area contributed by atoms with Crippen molar-refractivity contribution in [3.63, 3.8) is 0 Å². The Morgan fingerprint density at radius 1 is 1.08 bits per heavy atom. The first kappa shape index (κ1) is 25.0. The van der Waals surface area contributed by atoms with E-state index in [0.29, 0.717) is 37.4 Å². The van der Waals surface area contributed by atoms with E-state index in [9.17, 15) is 24.0 Å². The molecule has 1 saturated heterocycles. The van der Waals surface area contributed by atoms with Crippen molar-refractivity contribution in [1.29, 1.82) is 5.26 Å². The van der Waals surface area contributed by atoms with Crippen LogP contribution in [0.1, 0.15) is 38.8 Å². The topological polar surface area (TPSA) is 93.0 Å². The minimum absolute atomic E-state index is 0.0950. The van der Waals surface area contributed by atoms with E-state index < -0.39 is 17.1 Å². The number of piperidine rings is 1. The lowest BCUT2D eigenvalue weighted by molar-refractivity contribution is 0.278. The summed E-state index contributed by atoms with van der Waals surface area (Å²) in [5.41, 5.74) is -0.189. The number of halogens is 2. The molecule has 0 bridgehead atoms. The lowest BCUT2D eigenvalue weighted by Crippen LogP contribution is -2.46. The van der Waals surface area contributed by atoms with Crippen molar-refractivity contribution < 1.29 is 4.39 Å². The molecule has 10 heteroatoms. The van der Waals surface area contributed by atoms with E-state index in [1.54, 1.807) is 10.6 Å². The molecular weight excluding hydrogens is 497 g/mol. The number of aryl methyl sites for hydroxylation is 1. The molecule has 0 unspecified atom stereocenters. The smallest absolute Gasteiger partial charge is 0.338 e. The maximum Gasteiger partial charge on any atom is 0.338 e. The first-order valence-electron chi connectivity index (χ1n) is 12.3. The van der Waals surface area contributed by atoms with Crippen LogP contribution in [0.2, 0.25) is 5.02 Å². The highest BCUT2D eigenvalue weighted by atomic mass is 35.5. The average Bonchev–Trinajstić information content (AvgIpc) is 3.32. The fourth-order valence-electron chi connectivity index (χ4n) is 5.28. The maximum absolute atomic E-state index is 14.1. The van der Waals surface area contributed by atoms with E-state index in [2.05, 4.69) is 13.8 Å². The van der Waals surface area contributed by atoms with Gasteiger partial charge in [-0.15, -0.1) is 0 Å². The zero-order chi connectivity index (χ0) is 26.5. The molecule has 0 spiro atoms. The van der Waals surface area contributed by atoms with Crippen LogP contribution in [-0.4, -0.2) is 26.8 Å². The number of aromatic nitrogens is 3. The quantitative estimate of drug-likeness (QED) is 0.519. The van der Waals surface area contributed by atoms with Gasteiger partial charge in [0.15, 0.2) is 0 Å². The van der Waals surface area contributed by atoms with Crippen LogP contribution < -0.4 is 21.7 Å². The van der Waals surface area contributed by atoms with Crippen LogP contribution in [0.5, 0.6) is 0 Å². The zero-order valence-electron chi connectivity index (χ0n) is 20.8. The SMILES string of the molecule is CC1(C)CCN(c2c(-c3ccc(F)c(Cl)c3)c(=O)n(-c3cc4n(c(=O)c3)CCC4)c(=O)n2CC#N)CC1. The molecule has 8 nitrogen and oxygen atoms in total. The number of fused-ring (bicyclic) bond motifs is 1. The molecule has 192 valence electrons. The monoisotopic (exact) mass is 523 g/mol. The normalized spacial score (nSPS) is 16.5. The molecule has 0 atom stereocenters. The fourth-order valence-corrected chi connectivity index (χ4v) is 5.46. The molecule has 0 amide bonds. The van der Waals surface area contributed by atoms with Gasteiger partial charge in [-0.05, 0) is 54.9 Å². The van der Waals surface area contributed by atoms with E-state index in [4.69, 9.17) is 11.6 Å². The van der Waals surface area contributed by atoms with Gasteiger partial charge in [0, 0.05) is 31.4 Å². The second-order valence-corrected chi connectivity index (χ2v) is 10.9. The van der Waals surface area contributed by atoms with Crippen molar-refractivity contribution in [3.05, 3.63) is 78.1 Å². The number of pyridine rings is 1. The lowest BCUT2D eigenvalue weighted by Gasteiger charge is -2.39. The number of hydrogen-bond acceptors (Lipinski definition) is 5. The molecule has 1 fully saturated rings.